The number of benzene rings is 2. The number of amides is 2. The third kappa shape index (κ3) is 8.84. The molecule has 15 nitrogen and oxygen atoms in total. The Bertz CT molecular complexity index is 1720. The molecule has 2 aromatic carbocycles. The van der Waals surface area contributed by atoms with Crippen LogP contribution in [-0.2, 0) is 25.7 Å². The fraction of sp³-hybridized carbons (Fsp3) is 0.276. The number of aliphatic carboxylic acids is 3. The van der Waals surface area contributed by atoms with Gasteiger partial charge in [0, 0.05) is 19.4 Å². The van der Waals surface area contributed by atoms with E-state index in [0.717, 1.165) is 17.1 Å². The molecule has 0 saturated carbocycles. The summed E-state index contributed by atoms with van der Waals surface area (Å²) in [6.45, 7) is -0.628. The maximum Gasteiger partial charge on any atom is 0.328 e. The van der Waals surface area contributed by atoms with Crippen molar-refractivity contribution in [3.63, 3.8) is 0 Å². The summed E-state index contributed by atoms with van der Waals surface area (Å²) in [4.78, 5) is 80.2. The fourth-order valence-electron chi connectivity index (χ4n) is 4.46. The van der Waals surface area contributed by atoms with E-state index >= 15 is 0 Å². The minimum atomic E-state index is -1.82. The fourth-order valence-corrected chi connectivity index (χ4v) is 4.46. The molecule has 0 fully saturated rings. The van der Waals surface area contributed by atoms with Crippen molar-refractivity contribution in [2.24, 2.45) is 0 Å². The van der Waals surface area contributed by atoms with Crippen LogP contribution in [0, 0.1) is 18.2 Å². The number of hydrogen-bond acceptors (Lipinski definition) is 9. The van der Waals surface area contributed by atoms with Gasteiger partial charge in [0.1, 0.15) is 17.9 Å². The highest BCUT2D eigenvalue weighted by Gasteiger charge is 2.36. The summed E-state index contributed by atoms with van der Waals surface area (Å²) >= 11 is 0. The van der Waals surface area contributed by atoms with Crippen LogP contribution in [0.4, 0.5) is 10.3 Å². The second-order valence-electron chi connectivity index (χ2n) is 9.74. The number of hydrogen-bond donors (Lipinski definition) is 6. The molecule has 0 saturated heterocycles. The zero-order valence-electron chi connectivity index (χ0n) is 23.6. The molecule has 0 spiro atoms. The van der Waals surface area contributed by atoms with E-state index in [2.05, 4.69) is 21.2 Å². The molecule has 2 amide bonds. The predicted octanol–water partition coefficient (Wildman–Crippen LogP) is 0.805. The van der Waals surface area contributed by atoms with Crippen LogP contribution < -0.4 is 16.6 Å². The Labute approximate surface area is 254 Å². The third-order valence-corrected chi connectivity index (χ3v) is 6.55. The number of nitrogens with two attached hydrogens (primary N) is 1. The lowest BCUT2D eigenvalue weighted by Crippen LogP contribution is -2.55. The number of carbonyl (C=O) groups excluding carboxylic acids is 2. The first-order valence-electron chi connectivity index (χ1n) is 13.3. The van der Waals surface area contributed by atoms with Crippen LogP contribution in [0.1, 0.15) is 41.6 Å². The molecule has 0 radical (unpaired) electrons. The van der Waals surface area contributed by atoms with Crippen LogP contribution in [0.2, 0.25) is 0 Å². The number of halogens is 1. The summed E-state index contributed by atoms with van der Waals surface area (Å²) in [6, 6.07) is 5.89. The van der Waals surface area contributed by atoms with Gasteiger partial charge >= 0.3 is 17.9 Å². The number of anilines is 1. The zero-order chi connectivity index (χ0) is 33.3. The molecule has 3 aromatic rings. The summed E-state index contributed by atoms with van der Waals surface area (Å²) < 4.78 is 14.8. The van der Waals surface area contributed by atoms with Crippen molar-refractivity contribution in [1.82, 2.24) is 25.3 Å². The Morgan fingerprint density at radius 2 is 1.76 bits per heavy atom. The lowest BCUT2D eigenvalue weighted by Gasteiger charge is -2.38. The zero-order valence-corrected chi connectivity index (χ0v) is 23.6. The first kappa shape index (κ1) is 33.7. The van der Waals surface area contributed by atoms with Gasteiger partial charge < -0.3 is 26.4 Å². The van der Waals surface area contributed by atoms with Crippen molar-refractivity contribution in [3.05, 3.63) is 69.8 Å². The Kier molecular flexibility index (Phi) is 11.3. The van der Waals surface area contributed by atoms with E-state index in [1.165, 1.54) is 30.3 Å². The van der Waals surface area contributed by atoms with Gasteiger partial charge in [-0.05, 0) is 42.7 Å². The molecular weight excluding hydrogens is 595 g/mol. The molecule has 0 aliphatic heterocycles. The van der Waals surface area contributed by atoms with Crippen LogP contribution in [0.15, 0.2) is 47.3 Å². The lowest BCUT2D eigenvalue weighted by atomic mass is 10.1. The number of carboxylic acids is 3. The number of fused-ring (bicyclic) bond motifs is 1. The highest BCUT2D eigenvalue weighted by atomic mass is 19.1. The number of carbonyl (C=O) groups is 5. The first-order valence-corrected chi connectivity index (χ1v) is 13.3. The van der Waals surface area contributed by atoms with Gasteiger partial charge in [-0.3, -0.25) is 29.2 Å². The molecule has 1 aromatic heterocycles. The standard InChI is InChI=1S/C29H29FN6O9/c1-2-13-35(15-16-7-8-20-18(14-16)25(40)34-29(31)33-20)36(26(41)17-5-3-4-6-19(17)30)22(28(44)45)10-11-23(37)32-21(27(42)43)9-12-24(38)39/h1,3-8,14,21-22H,9-13,15H2,(H,32,37)(H,38,39)(H,42,43)(H,44,45)(H3,31,33,34,40)/t21-,22+/m1/s1. The van der Waals surface area contributed by atoms with Crippen molar-refractivity contribution in [2.75, 3.05) is 12.3 Å². The molecular formula is C29H29FN6O9. The minimum absolute atomic E-state index is 0.110. The van der Waals surface area contributed by atoms with Gasteiger partial charge in [0.2, 0.25) is 11.9 Å². The molecule has 2 atom stereocenters. The molecule has 236 valence electrons. The van der Waals surface area contributed by atoms with E-state index in [4.69, 9.17) is 17.3 Å². The van der Waals surface area contributed by atoms with Crippen LogP contribution >= 0.6 is 0 Å². The van der Waals surface area contributed by atoms with E-state index in [-0.39, 0.29) is 29.9 Å². The van der Waals surface area contributed by atoms with Crippen LogP contribution in [0.5, 0.6) is 0 Å². The van der Waals surface area contributed by atoms with Crippen molar-refractivity contribution in [1.29, 1.82) is 0 Å². The normalized spacial score (nSPS) is 12.2. The third-order valence-electron chi connectivity index (χ3n) is 6.55. The van der Waals surface area contributed by atoms with Crippen molar-refractivity contribution >= 4 is 46.6 Å². The Morgan fingerprint density at radius 3 is 2.38 bits per heavy atom. The van der Waals surface area contributed by atoms with Gasteiger partial charge in [0.15, 0.2) is 0 Å². The number of rotatable bonds is 15. The second kappa shape index (κ2) is 15.1. The molecule has 16 heteroatoms. The highest BCUT2D eigenvalue weighted by Crippen LogP contribution is 2.22. The maximum absolute atomic E-state index is 14.8. The molecule has 0 unspecified atom stereocenters. The predicted molar refractivity (Wildman–Crippen MR) is 156 cm³/mol. The first-order chi connectivity index (χ1) is 21.3. The van der Waals surface area contributed by atoms with Gasteiger partial charge in [-0.25, -0.2) is 24.0 Å². The van der Waals surface area contributed by atoms with E-state index < -0.39 is 84.4 Å². The Morgan fingerprint density at radius 1 is 1.04 bits per heavy atom. The van der Waals surface area contributed by atoms with Crippen LogP contribution in [0.25, 0.3) is 10.9 Å². The van der Waals surface area contributed by atoms with E-state index in [0.29, 0.717) is 10.6 Å². The number of nitrogen functional groups attached to an aromatic ring is 1. The number of terminal acetylenes is 1. The van der Waals surface area contributed by atoms with Crippen molar-refractivity contribution < 1.29 is 43.7 Å². The summed E-state index contributed by atoms with van der Waals surface area (Å²) in [5.74, 6) is -5.15. The number of nitrogens with zero attached hydrogens (tertiary/aromatic N) is 3. The molecule has 45 heavy (non-hydrogen) atoms. The minimum Gasteiger partial charge on any atom is -0.481 e. The number of hydrazine groups is 1. The van der Waals surface area contributed by atoms with Gasteiger partial charge in [-0.2, -0.15) is 0 Å². The van der Waals surface area contributed by atoms with E-state index in [9.17, 15) is 43.4 Å². The highest BCUT2D eigenvalue weighted by molar-refractivity contribution is 5.96. The number of aromatic amines is 1. The number of H-pyrrole nitrogens is 1. The Hall–Kier alpha value is -5.82. The molecule has 7 N–H and O–H groups in total. The lowest BCUT2D eigenvalue weighted by molar-refractivity contribution is -0.150. The number of carboxylic acid groups (broad SMARTS) is 3. The summed E-state index contributed by atoms with van der Waals surface area (Å²) in [5.41, 5.74) is 5.19. The topological polar surface area (TPSA) is 236 Å². The number of nitrogens with one attached hydrogen (secondary N) is 2. The van der Waals surface area contributed by atoms with Gasteiger partial charge in [-0.1, -0.05) is 24.1 Å². The van der Waals surface area contributed by atoms with Gasteiger partial charge in [-0.15, -0.1) is 6.42 Å². The molecule has 0 aliphatic carbocycles. The number of aromatic nitrogens is 2. The summed E-state index contributed by atoms with van der Waals surface area (Å²) in [7, 11) is 0. The largest absolute Gasteiger partial charge is 0.481 e. The van der Waals surface area contributed by atoms with Crippen LogP contribution in [-0.4, -0.2) is 83.7 Å². The van der Waals surface area contributed by atoms with Gasteiger partial charge in [0.05, 0.1) is 23.0 Å². The SMILES string of the molecule is C#CCN(Cc1ccc2nc(N)[nH]c(=O)c2c1)N(C(=O)c1ccccc1F)[C@@H](CCC(=O)N[C@H](CCC(=O)O)C(=O)O)C(=O)O. The smallest absolute Gasteiger partial charge is 0.328 e. The van der Waals surface area contributed by atoms with E-state index in [1.807, 2.05) is 0 Å². The average Bonchev–Trinajstić information content (AvgIpc) is 2.97. The van der Waals surface area contributed by atoms with E-state index in [1.54, 1.807) is 0 Å². The summed E-state index contributed by atoms with van der Waals surface area (Å²) in [5, 5.41) is 32.5. The average molecular weight is 625 g/mol. The maximum atomic E-state index is 14.8. The molecule has 0 bridgehead atoms. The monoisotopic (exact) mass is 624 g/mol. The van der Waals surface area contributed by atoms with Crippen LogP contribution in [0.3, 0.4) is 0 Å². The van der Waals surface area contributed by atoms with Crippen molar-refractivity contribution in [2.45, 2.75) is 44.3 Å². The molecule has 1 heterocycles. The second-order valence-corrected chi connectivity index (χ2v) is 9.74. The van der Waals surface area contributed by atoms with Crippen molar-refractivity contribution in [3.8, 4) is 12.3 Å². The quantitative estimate of drug-likeness (QED) is 0.102. The Balaban J connectivity index is 1.99. The molecule has 3 rings (SSSR count). The molecule has 0 aliphatic rings. The van der Waals surface area contributed by atoms with Gasteiger partial charge in [0.25, 0.3) is 11.5 Å². The summed E-state index contributed by atoms with van der Waals surface area (Å²) in [6.07, 6.45) is 3.39.